The van der Waals surface area contributed by atoms with Crippen LogP contribution >= 0.6 is 11.8 Å². The van der Waals surface area contributed by atoms with Gasteiger partial charge in [0.2, 0.25) is 0 Å². The standard InChI is InChI=1S/C22H22N2O3S2/c1-17-9-11-18(12-10-17)16-24-21(25)20-8-5-13-23-22(20)28-14-15-29(26,27)19-6-3-2-4-7-19/h2-13H,14-16H2,1H3,(H,24,25). The minimum Gasteiger partial charge on any atom is -0.348 e. The highest BCUT2D eigenvalue weighted by Gasteiger charge is 2.16. The summed E-state index contributed by atoms with van der Waals surface area (Å²) in [5, 5.41) is 3.42. The molecule has 0 aliphatic rings. The summed E-state index contributed by atoms with van der Waals surface area (Å²) in [4.78, 5) is 17.2. The van der Waals surface area contributed by atoms with Gasteiger partial charge in [0.15, 0.2) is 9.84 Å². The number of thioether (sulfide) groups is 1. The molecular formula is C22H22N2O3S2. The lowest BCUT2D eigenvalue weighted by molar-refractivity contribution is 0.0947. The fourth-order valence-corrected chi connectivity index (χ4v) is 5.32. The molecule has 0 unspecified atom stereocenters. The van der Waals surface area contributed by atoms with Gasteiger partial charge in [-0.1, -0.05) is 48.0 Å². The molecule has 7 heteroatoms. The maximum absolute atomic E-state index is 12.6. The van der Waals surface area contributed by atoms with Gasteiger partial charge < -0.3 is 5.32 Å². The van der Waals surface area contributed by atoms with Crippen LogP contribution in [0.4, 0.5) is 0 Å². The van der Waals surface area contributed by atoms with Crippen LogP contribution in [0.1, 0.15) is 21.5 Å². The Kier molecular flexibility index (Phi) is 7.06. The Morgan fingerprint density at radius 1 is 1.00 bits per heavy atom. The average molecular weight is 427 g/mol. The Balaban J connectivity index is 1.61. The number of pyridine rings is 1. The third kappa shape index (κ3) is 5.92. The number of hydrogen-bond acceptors (Lipinski definition) is 5. The summed E-state index contributed by atoms with van der Waals surface area (Å²) in [6.07, 6.45) is 1.60. The number of rotatable bonds is 8. The van der Waals surface area contributed by atoms with Crippen molar-refractivity contribution in [3.63, 3.8) is 0 Å². The van der Waals surface area contributed by atoms with E-state index < -0.39 is 9.84 Å². The first-order chi connectivity index (χ1) is 14.0. The van der Waals surface area contributed by atoms with Crippen LogP contribution in [-0.4, -0.2) is 30.8 Å². The van der Waals surface area contributed by atoms with Crippen molar-refractivity contribution in [3.05, 3.63) is 89.6 Å². The summed E-state index contributed by atoms with van der Waals surface area (Å²) in [6, 6.07) is 19.7. The minimum absolute atomic E-state index is 0.0251. The minimum atomic E-state index is -3.36. The summed E-state index contributed by atoms with van der Waals surface area (Å²) in [7, 11) is -3.36. The van der Waals surface area contributed by atoms with Crippen molar-refractivity contribution in [1.82, 2.24) is 10.3 Å². The van der Waals surface area contributed by atoms with E-state index in [0.29, 0.717) is 27.8 Å². The molecule has 0 saturated heterocycles. The number of nitrogens with zero attached hydrogens (tertiary/aromatic N) is 1. The molecule has 1 amide bonds. The van der Waals surface area contributed by atoms with Crippen molar-refractivity contribution in [3.8, 4) is 0 Å². The molecule has 0 aliphatic carbocycles. The number of sulfone groups is 1. The van der Waals surface area contributed by atoms with E-state index in [4.69, 9.17) is 0 Å². The van der Waals surface area contributed by atoms with Crippen LogP contribution in [0.25, 0.3) is 0 Å². The van der Waals surface area contributed by atoms with Crippen LogP contribution in [0, 0.1) is 6.92 Å². The van der Waals surface area contributed by atoms with Crippen molar-refractivity contribution in [1.29, 1.82) is 0 Å². The number of hydrogen-bond donors (Lipinski definition) is 1. The van der Waals surface area contributed by atoms with Gasteiger partial charge in [0.1, 0.15) is 5.03 Å². The van der Waals surface area contributed by atoms with Gasteiger partial charge in [-0.3, -0.25) is 4.79 Å². The highest BCUT2D eigenvalue weighted by Crippen LogP contribution is 2.22. The number of amides is 1. The first-order valence-electron chi connectivity index (χ1n) is 9.15. The van der Waals surface area contributed by atoms with Crippen LogP contribution in [0.5, 0.6) is 0 Å². The van der Waals surface area contributed by atoms with Crippen molar-refractivity contribution in [2.45, 2.75) is 23.4 Å². The number of carbonyl (C=O) groups is 1. The quantitative estimate of drug-likeness (QED) is 0.553. The predicted octanol–water partition coefficient (Wildman–Crippen LogP) is 3.89. The molecule has 1 N–H and O–H groups in total. The number of carbonyl (C=O) groups excluding carboxylic acids is 1. The third-order valence-corrected chi connectivity index (χ3v) is 7.28. The highest BCUT2D eigenvalue weighted by molar-refractivity contribution is 8.00. The predicted molar refractivity (Wildman–Crippen MR) is 116 cm³/mol. The zero-order valence-corrected chi connectivity index (χ0v) is 17.7. The fraction of sp³-hybridized carbons (Fsp3) is 0.182. The second kappa shape index (κ2) is 9.71. The monoisotopic (exact) mass is 426 g/mol. The maximum atomic E-state index is 12.6. The molecule has 0 spiro atoms. The van der Waals surface area contributed by atoms with E-state index in [2.05, 4.69) is 10.3 Å². The van der Waals surface area contributed by atoms with Crippen LogP contribution in [-0.2, 0) is 16.4 Å². The second-order valence-electron chi connectivity index (χ2n) is 6.50. The molecule has 150 valence electrons. The van der Waals surface area contributed by atoms with E-state index >= 15 is 0 Å². The highest BCUT2D eigenvalue weighted by atomic mass is 32.2. The van der Waals surface area contributed by atoms with Gasteiger partial charge in [-0.2, -0.15) is 0 Å². The van der Waals surface area contributed by atoms with Crippen LogP contribution < -0.4 is 5.32 Å². The van der Waals surface area contributed by atoms with E-state index in [1.165, 1.54) is 11.8 Å². The summed E-state index contributed by atoms with van der Waals surface area (Å²) >= 11 is 1.27. The molecule has 3 rings (SSSR count). The molecule has 0 atom stereocenters. The normalized spacial score (nSPS) is 11.2. The molecule has 1 aromatic heterocycles. The first kappa shape index (κ1) is 21.1. The third-order valence-electron chi connectivity index (χ3n) is 4.28. The van der Waals surface area contributed by atoms with Crippen molar-refractivity contribution < 1.29 is 13.2 Å². The molecule has 29 heavy (non-hydrogen) atoms. The lowest BCUT2D eigenvalue weighted by Gasteiger charge is -2.10. The first-order valence-corrected chi connectivity index (χ1v) is 11.8. The Labute approximate surface area is 175 Å². The maximum Gasteiger partial charge on any atom is 0.254 e. The smallest absolute Gasteiger partial charge is 0.254 e. The molecule has 3 aromatic rings. The molecule has 1 heterocycles. The van der Waals surface area contributed by atoms with Crippen molar-refractivity contribution >= 4 is 27.5 Å². The number of nitrogens with one attached hydrogen (secondary N) is 1. The van der Waals surface area contributed by atoms with Gasteiger partial charge in [0, 0.05) is 18.5 Å². The van der Waals surface area contributed by atoms with Gasteiger partial charge in [0.25, 0.3) is 5.91 Å². The fourth-order valence-electron chi connectivity index (χ4n) is 2.66. The largest absolute Gasteiger partial charge is 0.348 e. The molecule has 0 radical (unpaired) electrons. The van der Waals surface area contributed by atoms with Gasteiger partial charge >= 0.3 is 0 Å². The van der Waals surface area contributed by atoms with Crippen LogP contribution in [0.15, 0.2) is 82.8 Å². The van der Waals surface area contributed by atoms with E-state index in [1.807, 2.05) is 31.2 Å². The number of benzene rings is 2. The van der Waals surface area contributed by atoms with Crippen molar-refractivity contribution in [2.75, 3.05) is 11.5 Å². The van der Waals surface area contributed by atoms with Gasteiger partial charge in [-0.25, -0.2) is 13.4 Å². The van der Waals surface area contributed by atoms with Crippen LogP contribution in [0.3, 0.4) is 0 Å². The number of aromatic nitrogens is 1. The summed E-state index contributed by atoms with van der Waals surface area (Å²) in [5.41, 5.74) is 2.62. The zero-order valence-electron chi connectivity index (χ0n) is 16.0. The molecule has 0 bridgehead atoms. The molecule has 2 aromatic carbocycles. The molecule has 0 aliphatic heterocycles. The SMILES string of the molecule is Cc1ccc(CNC(=O)c2cccnc2SCCS(=O)(=O)c2ccccc2)cc1. The van der Waals surface area contributed by atoms with Crippen LogP contribution in [0.2, 0.25) is 0 Å². The molecule has 0 saturated carbocycles. The molecular weight excluding hydrogens is 404 g/mol. The Morgan fingerprint density at radius 3 is 2.45 bits per heavy atom. The Bertz CT molecular complexity index is 1070. The zero-order chi connectivity index (χ0) is 20.7. The van der Waals surface area contributed by atoms with E-state index in [-0.39, 0.29) is 11.7 Å². The lowest BCUT2D eigenvalue weighted by atomic mass is 10.1. The molecule has 5 nitrogen and oxygen atoms in total. The van der Waals surface area contributed by atoms with E-state index in [9.17, 15) is 13.2 Å². The second-order valence-corrected chi connectivity index (χ2v) is 9.70. The van der Waals surface area contributed by atoms with E-state index in [1.54, 1.807) is 48.7 Å². The van der Waals surface area contributed by atoms with Gasteiger partial charge in [0.05, 0.1) is 16.2 Å². The summed E-state index contributed by atoms with van der Waals surface area (Å²) < 4.78 is 24.8. The summed E-state index contributed by atoms with van der Waals surface area (Å²) in [5.74, 6) is 0.0573. The number of aryl methyl sites for hydroxylation is 1. The molecule has 0 fully saturated rings. The average Bonchev–Trinajstić information content (AvgIpc) is 2.74. The van der Waals surface area contributed by atoms with Gasteiger partial charge in [-0.15, -0.1) is 11.8 Å². The Hall–Kier alpha value is -2.64. The van der Waals surface area contributed by atoms with Crippen molar-refractivity contribution in [2.24, 2.45) is 0 Å². The van der Waals surface area contributed by atoms with E-state index in [0.717, 1.165) is 11.1 Å². The Morgan fingerprint density at radius 2 is 1.72 bits per heavy atom. The summed E-state index contributed by atoms with van der Waals surface area (Å²) in [6.45, 7) is 2.43. The topological polar surface area (TPSA) is 76.1 Å². The lowest BCUT2D eigenvalue weighted by Crippen LogP contribution is -2.23. The van der Waals surface area contributed by atoms with Gasteiger partial charge in [-0.05, 0) is 36.8 Å².